The molecule has 2 fully saturated rings. The van der Waals surface area contributed by atoms with Crippen LogP contribution in [0.5, 0.6) is 0 Å². The molecule has 13 heteroatoms. The Morgan fingerprint density at radius 2 is 1.69 bits per heavy atom. The highest BCUT2D eigenvalue weighted by molar-refractivity contribution is 5.96. The fourth-order valence-corrected chi connectivity index (χ4v) is 5.80. The fraction of sp³-hybridized carbons (Fsp3) is 0.406. The minimum Gasteiger partial charge on any atom is -0.465 e. The number of aromatic nitrogens is 1. The predicted molar refractivity (Wildman–Crippen MR) is 159 cm³/mol. The Labute approximate surface area is 258 Å². The number of ether oxygens (including phenoxy) is 2. The second kappa shape index (κ2) is 14.8. The molecular formula is C32H36F3N5O5. The van der Waals surface area contributed by atoms with E-state index in [2.05, 4.69) is 15.6 Å². The highest BCUT2D eigenvalue weighted by atomic mass is 19.1. The van der Waals surface area contributed by atoms with E-state index in [-0.39, 0.29) is 35.9 Å². The van der Waals surface area contributed by atoms with E-state index in [1.807, 2.05) is 0 Å². The van der Waals surface area contributed by atoms with Crippen LogP contribution < -0.4 is 16.4 Å². The first-order chi connectivity index (χ1) is 21.7. The van der Waals surface area contributed by atoms with Crippen LogP contribution in [0.4, 0.5) is 23.7 Å². The number of carbonyl (C=O) groups excluding carboxylic acids is 1. The molecule has 5 N–H and O–H groups in total. The average Bonchev–Trinajstić information content (AvgIpc) is 3.03. The summed E-state index contributed by atoms with van der Waals surface area (Å²) in [6.07, 6.45) is 2.33. The van der Waals surface area contributed by atoms with E-state index in [1.54, 1.807) is 0 Å². The smallest absolute Gasteiger partial charge is 0.407 e. The molecule has 3 heterocycles. The third kappa shape index (κ3) is 8.37. The summed E-state index contributed by atoms with van der Waals surface area (Å²) in [5, 5.41) is 15.4. The van der Waals surface area contributed by atoms with Gasteiger partial charge in [0.15, 0.2) is 0 Å². The summed E-state index contributed by atoms with van der Waals surface area (Å²) in [5.74, 6) is -2.86. The van der Waals surface area contributed by atoms with Crippen LogP contribution in [0.1, 0.15) is 35.4 Å². The minimum absolute atomic E-state index is 0.0100. The fourth-order valence-electron chi connectivity index (χ4n) is 5.80. The molecule has 0 spiro atoms. The van der Waals surface area contributed by atoms with Crippen LogP contribution in [0.15, 0.2) is 60.9 Å². The van der Waals surface area contributed by atoms with Crippen molar-refractivity contribution >= 4 is 17.7 Å². The van der Waals surface area contributed by atoms with Crippen LogP contribution in [0.2, 0.25) is 0 Å². The van der Waals surface area contributed by atoms with Crippen molar-refractivity contribution in [1.29, 1.82) is 0 Å². The molecular weight excluding hydrogens is 591 g/mol. The van der Waals surface area contributed by atoms with E-state index < -0.39 is 41.4 Å². The summed E-state index contributed by atoms with van der Waals surface area (Å²) >= 11 is 0. The number of amides is 2. The Morgan fingerprint density at radius 3 is 2.29 bits per heavy atom. The van der Waals surface area contributed by atoms with Crippen molar-refractivity contribution in [3.05, 3.63) is 95.1 Å². The van der Waals surface area contributed by atoms with Crippen LogP contribution in [0.25, 0.3) is 0 Å². The Hall–Kier alpha value is -4.04. The summed E-state index contributed by atoms with van der Waals surface area (Å²) in [4.78, 5) is 30.0. The second-order valence-electron chi connectivity index (χ2n) is 11.3. The van der Waals surface area contributed by atoms with Crippen molar-refractivity contribution in [2.75, 3.05) is 38.2 Å². The van der Waals surface area contributed by atoms with Gasteiger partial charge in [0.25, 0.3) is 0 Å². The van der Waals surface area contributed by atoms with Gasteiger partial charge in [-0.1, -0.05) is 24.3 Å². The zero-order valence-electron chi connectivity index (χ0n) is 24.5. The normalized spacial score (nSPS) is 21.0. The number of carbonyl (C=O) groups is 2. The van der Waals surface area contributed by atoms with E-state index in [1.165, 1.54) is 59.6 Å². The van der Waals surface area contributed by atoms with Crippen molar-refractivity contribution in [2.45, 2.75) is 49.5 Å². The summed E-state index contributed by atoms with van der Waals surface area (Å²) in [5.41, 5.74) is 7.98. The molecule has 3 aromatic rings. The van der Waals surface area contributed by atoms with Gasteiger partial charge >= 0.3 is 6.09 Å². The molecule has 1 unspecified atom stereocenters. The van der Waals surface area contributed by atoms with Crippen molar-refractivity contribution in [2.24, 2.45) is 5.73 Å². The number of hydrogen-bond acceptors (Lipinski definition) is 7. The topological polar surface area (TPSA) is 139 Å². The van der Waals surface area contributed by atoms with E-state index in [9.17, 15) is 27.9 Å². The van der Waals surface area contributed by atoms with E-state index in [0.29, 0.717) is 56.8 Å². The maximum Gasteiger partial charge on any atom is 0.407 e. The van der Waals surface area contributed by atoms with Gasteiger partial charge in [0.05, 0.1) is 56.1 Å². The zero-order chi connectivity index (χ0) is 31.9. The number of benzene rings is 2. The molecule has 5 rings (SSSR count). The number of morpholine rings is 2. The maximum absolute atomic E-state index is 15.0. The molecule has 2 saturated heterocycles. The van der Waals surface area contributed by atoms with Gasteiger partial charge in [-0.05, 0) is 54.7 Å². The zero-order valence-corrected chi connectivity index (χ0v) is 24.5. The molecule has 10 nitrogen and oxygen atoms in total. The largest absolute Gasteiger partial charge is 0.465 e. The van der Waals surface area contributed by atoms with Crippen molar-refractivity contribution in [3.63, 3.8) is 0 Å². The SMILES string of the molecule is N[C@H](C(=O)Nc1cncc(F)c1CC[C@@H]1CN[C@@H](CC2CN(C(=O)O)CCO2)CO1)C(c1ccc(F)cc1)c1ccc(F)cc1. The lowest BCUT2D eigenvalue weighted by Gasteiger charge is -2.36. The Bertz CT molecular complexity index is 1410. The third-order valence-corrected chi connectivity index (χ3v) is 8.22. The van der Waals surface area contributed by atoms with Crippen molar-refractivity contribution in [1.82, 2.24) is 15.2 Å². The first-order valence-corrected chi connectivity index (χ1v) is 14.8. The highest BCUT2D eigenvalue weighted by Crippen LogP contribution is 2.29. The van der Waals surface area contributed by atoms with Crippen molar-refractivity contribution in [3.8, 4) is 0 Å². The highest BCUT2D eigenvalue weighted by Gasteiger charge is 2.31. The van der Waals surface area contributed by atoms with Crippen LogP contribution in [-0.2, 0) is 20.7 Å². The molecule has 0 bridgehead atoms. The predicted octanol–water partition coefficient (Wildman–Crippen LogP) is 3.66. The number of hydrogen-bond donors (Lipinski definition) is 4. The number of nitrogens with one attached hydrogen (secondary N) is 2. The van der Waals surface area contributed by atoms with Crippen LogP contribution >= 0.6 is 0 Å². The monoisotopic (exact) mass is 627 g/mol. The molecule has 2 aliphatic rings. The molecule has 45 heavy (non-hydrogen) atoms. The van der Waals surface area contributed by atoms with Crippen LogP contribution in [0.3, 0.4) is 0 Å². The van der Waals surface area contributed by atoms with Gasteiger partial charge in [-0.2, -0.15) is 0 Å². The number of pyridine rings is 1. The summed E-state index contributed by atoms with van der Waals surface area (Å²) in [7, 11) is 0. The van der Waals surface area contributed by atoms with Gasteiger partial charge in [-0.15, -0.1) is 0 Å². The number of nitrogens with two attached hydrogens (primary N) is 1. The molecule has 2 aliphatic heterocycles. The number of nitrogens with zero attached hydrogens (tertiary/aromatic N) is 2. The molecule has 2 aromatic carbocycles. The molecule has 2 amide bonds. The standard InChI is InChI=1S/C32H36F3N5O5/c33-21-5-1-19(2-6-21)29(20-3-7-22(34)8-4-20)30(36)31(41)39-28-16-37-15-27(35)26(28)10-9-24-14-38-23(18-45-24)13-25-17-40(32(42)43)11-12-44-25/h1-8,15-16,23-25,29-30,38H,9-14,17-18,36H2,(H,39,41)(H,42,43)/t23-,24+,25?,30-/m0/s1. The first kappa shape index (κ1) is 32.4. The number of carboxylic acid groups (broad SMARTS) is 1. The molecule has 1 aromatic heterocycles. The Balaban J connectivity index is 1.20. The average molecular weight is 628 g/mol. The lowest BCUT2D eigenvalue weighted by atomic mass is 9.85. The number of rotatable bonds is 10. The Morgan fingerprint density at radius 1 is 1.02 bits per heavy atom. The van der Waals surface area contributed by atoms with Gasteiger partial charge in [-0.25, -0.2) is 18.0 Å². The van der Waals surface area contributed by atoms with Gasteiger partial charge < -0.3 is 35.8 Å². The van der Waals surface area contributed by atoms with Crippen molar-refractivity contribution < 1.29 is 37.3 Å². The lowest BCUT2D eigenvalue weighted by molar-refractivity contribution is -0.117. The lowest BCUT2D eigenvalue weighted by Crippen LogP contribution is -2.51. The molecule has 0 aliphatic carbocycles. The summed E-state index contributed by atoms with van der Waals surface area (Å²) in [6, 6.07) is 9.89. The third-order valence-electron chi connectivity index (χ3n) is 8.22. The molecule has 0 radical (unpaired) electrons. The molecule has 4 atom stereocenters. The quantitative estimate of drug-likeness (QED) is 0.267. The van der Waals surface area contributed by atoms with Gasteiger partial charge in [0.1, 0.15) is 17.5 Å². The van der Waals surface area contributed by atoms with Gasteiger partial charge in [0.2, 0.25) is 5.91 Å². The van der Waals surface area contributed by atoms with E-state index >= 15 is 0 Å². The number of anilines is 1. The summed E-state index contributed by atoms with van der Waals surface area (Å²) < 4.78 is 54.1. The second-order valence-corrected chi connectivity index (χ2v) is 11.3. The molecule has 240 valence electrons. The van der Waals surface area contributed by atoms with Crippen LogP contribution in [0, 0.1) is 17.5 Å². The summed E-state index contributed by atoms with van der Waals surface area (Å²) in [6.45, 7) is 1.92. The van der Waals surface area contributed by atoms with E-state index in [4.69, 9.17) is 15.2 Å². The maximum atomic E-state index is 15.0. The minimum atomic E-state index is -1.18. The van der Waals surface area contributed by atoms with E-state index in [0.717, 1.165) is 6.20 Å². The Kier molecular flexibility index (Phi) is 10.7. The van der Waals surface area contributed by atoms with Gasteiger partial charge in [0, 0.05) is 30.6 Å². The van der Waals surface area contributed by atoms with Crippen LogP contribution in [-0.4, -0.2) is 84.1 Å². The van der Waals surface area contributed by atoms with Gasteiger partial charge in [-0.3, -0.25) is 9.78 Å². The number of halogens is 3. The first-order valence-electron chi connectivity index (χ1n) is 14.8. The molecule has 0 saturated carbocycles.